The monoisotopic (exact) mass is 518 g/mol. The second kappa shape index (κ2) is 10.9. The Morgan fingerprint density at radius 1 is 0.944 bits per heavy atom. The second-order valence-electron chi connectivity index (χ2n) is 9.58. The zero-order valence-corrected chi connectivity index (χ0v) is 20.1. The zero-order chi connectivity index (χ0) is 26.7. The van der Waals surface area contributed by atoms with Gasteiger partial charge in [-0.3, -0.25) is 0 Å². The molecule has 2 unspecified atom stereocenters. The molecule has 8 heteroatoms. The molecule has 36 heavy (non-hydrogen) atoms. The summed E-state index contributed by atoms with van der Waals surface area (Å²) in [6.45, 7) is 5.35. The van der Waals surface area contributed by atoms with Crippen molar-refractivity contribution >= 4 is 0 Å². The lowest BCUT2D eigenvalue weighted by atomic mass is 9.74. The van der Waals surface area contributed by atoms with Crippen molar-refractivity contribution in [1.29, 1.82) is 0 Å². The Hall–Kier alpha value is -2.38. The normalized spacial score (nSPS) is 20.4. The summed E-state index contributed by atoms with van der Waals surface area (Å²) in [6.07, 6.45) is 3.79. The van der Waals surface area contributed by atoms with Gasteiger partial charge in [0, 0.05) is 17.9 Å². The molecule has 0 radical (unpaired) electrons. The maximum atomic E-state index is 14.9. The van der Waals surface area contributed by atoms with Gasteiger partial charge in [-0.15, -0.1) is 6.58 Å². The van der Waals surface area contributed by atoms with E-state index in [1.807, 2.05) is 6.92 Å². The molecular weight excluding hydrogens is 488 g/mol. The van der Waals surface area contributed by atoms with Crippen LogP contribution in [0.5, 0.6) is 0 Å². The first-order valence-electron chi connectivity index (χ1n) is 12.2. The van der Waals surface area contributed by atoms with E-state index in [9.17, 15) is 35.1 Å². The van der Waals surface area contributed by atoms with Crippen LogP contribution in [0.25, 0.3) is 0 Å². The number of alkyl halides is 6. The third-order valence-corrected chi connectivity index (χ3v) is 7.14. The highest BCUT2D eigenvalue weighted by atomic mass is 19.3. The minimum Gasteiger partial charge on any atom is -0.207 e. The van der Waals surface area contributed by atoms with Gasteiger partial charge in [-0.05, 0) is 61.6 Å². The number of allylic oxidation sites excluding steroid dienone is 1. The highest BCUT2D eigenvalue weighted by molar-refractivity contribution is 5.36. The summed E-state index contributed by atoms with van der Waals surface area (Å²) in [6, 6.07) is 5.16. The average Bonchev–Trinajstić information content (AvgIpc) is 2.83. The van der Waals surface area contributed by atoms with Crippen molar-refractivity contribution in [2.75, 3.05) is 0 Å². The van der Waals surface area contributed by atoms with Crippen LogP contribution in [0.2, 0.25) is 0 Å². The second-order valence-corrected chi connectivity index (χ2v) is 9.58. The van der Waals surface area contributed by atoms with Gasteiger partial charge >= 0.3 is 11.8 Å². The molecule has 1 aliphatic rings. The Morgan fingerprint density at radius 2 is 1.61 bits per heavy atom. The molecule has 0 N–H and O–H groups in total. The van der Waals surface area contributed by atoms with Crippen LogP contribution in [-0.4, -0.2) is 5.92 Å². The summed E-state index contributed by atoms with van der Waals surface area (Å²) in [5.74, 6) is -17.8. The fraction of sp³-hybridized carbons (Fsp3) is 0.500. The maximum absolute atomic E-state index is 14.9. The minimum absolute atomic E-state index is 0.0954. The summed E-state index contributed by atoms with van der Waals surface area (Å²) in [4.78, 5) is 0. The molecule has 0 saturated heterocycles. The number of hydrogen-bond acceptors (Lipinski definition) is 0. The molecular formula is C28H30F8. The van der Waals surface area contributed by atoms with Gasteiger partial charge in [-0.25, -0.2) is 17.6 Å². The molecule has 1 aliphatic carbocycles. The quantitative estimate of drug-likeness (QED) is 0.217. The summed E-state index contributed by atoms with van der Waals surface area (Å²) < 4.78 is 118. The average molecular weight is 519 g/mol. The zero-order valence-electron chi connectivity index (χ0n) is 20.1. The van der Waals surface area contributed by atoms with Gasteiger partial charge in [-0.2, -0.15) is 17.6 Å². The minimum atomic E-state index is -5.04. The van der Waals surface area contributed by atoms with Crippen molar-refractivity contribution in [3.8, 4) is 0 Å². The van der Waals surface area contributed by atoms with Gasteiger partial charge in [0.15, 0.2) is 11.6 Å². The first-order chi connectivity index (χ1) is 16.9. The van der Waals surface area contributed by atoms with Crippen molar-refractivity contribution in [2.24, 2.45) is 5.92 Å². The molecule has 2 aromatic carbocycles. The van der Waals surface area contributed by atoms with Crippen LogP contribution in [-0.2, 0) is 18.3 Å². The van der Waals surface area contributed by atoms with E-state index < -0.39 is 58.8 Å². The van der Waals surface area contributed by atoms with E-state index in [1.54, 1.807) is 6.08 Å². The van der Waals surface area contributed by atoms with Crippen molar-refractivity contribution in [3.63, 3.8) is 0 Å². The van der Waals surface area contributed by atoms with Crippen molar-refractivity contribution in [3.05, 3.63) is 82.9 Å². The highest BCUT2D eigenvalue weighted by Crippen LogP contribution is 2.51. The molecule has 0 amide bonds. The predicted octanol–water partition coefficient (Wildman–Crippen LogP) is 9.68. The molecule has 2 atom stereocenters. The number of unbranched alkanes of at least 4 members (excludes halogenated alkanes) is 1. The molecule has 1 saturated carbocycles. The maximum Gasteiger partial charge on any atom is 0.342 e. The Bertz CT molecular complexity index is 1040. The number of halogens is 8. The summed E-state index contributed by atoms with van der Waals surface area (Å²) >= 11 is 0. The van der Waals surface area contributed by atoms with Crippen LogP contribution >= 0.6 is 0 Å². The standard InChI is InChI=1S/C28H30F8/c1-3-5-7-19-12-16-23(25(30)24(19)29)28(35,36)27(33,34)22-14-9-18(10-15-22)20-11-13-21(8-6-4-2)26(31,32)17-20/h4,9-10,12,14-16,20-21H,2-3,5-8,11,13,17H2,1H3. The molecule has 0 nitrogen and oxygen atoms in total. The highest BCUT2D eigenvalue weighted by Gasteiger charge is 2.60. The molecule has 2 aromatic rings. The number of aryl methyl sites for hydroxylation is 1. The Balaban J connectivity index is 1.82. The molecule has 3 rings (SSSR count). The molecule has 0 aromatic heterocycles. The Kier molecular flexibility index (Phi) is 8.56. The molecule has 0 spiro atoms. The van der Waals surface area contributed by atoms with E-state index in [-0.39, 0.29) is 18.4 Å². The SMILES string of the molecule is C=CCCC1CCC(c2ccc(C(F)(F)C(F)(F)c3ccc(CCCC)c(F)c3F)cc2)CC1(F)F. The van der Waals surface area contributed by atoms with Crippen LogP contribution in [0.3, 0.4) is 0 Å². The number of hydrogen-bond donors (Lipinski definition) is 0. The predicted molar refractivity (Wildman–Crippen MR) is 124 cm³/mol. The van der Waals surface area contributed by atoms with Crippen LogP contribution in [0.4, 0.5) is 35.1 Å². The van der Waals surface area contributed by atoms with Gasteiger partial charge in [0.25, 0.3) is 5.92 Å². The van der Waals surface area contributed by atoms with Crippen LogP contribution in [0.1, 0.15) is 80.0 Å². The van der Waals surface area contributed by atoms with Crippen molar-refractivity contribution in [1.82, 2.24) is 0 Å². The van der Waals surface area contributed by atoms with Gasteiger partial charge < -0.3 is 0 Å². The van der Waals surface area contributed by atoms with Crippen LogP contribution < -0.4 is 0 Å². The lowest BCUT2D eigenvalue weighted by molar-refractivity contribution is -0.225. The van der Waals surface area contributed by atoms with E-state index in [0.29, 0.717) is 43.7 Å². The Labute approximate surface area is 206 Å². The third kappa shape index (κ3) is 5.47. The summed E-state index contributed by atoms with van der Waals surface area (Å²) in [5.41, 5.74) is -2.65. The lowest BCUT2D eigenvalue weighted by Crippen LogP contribution is -2.37. The summed E-state index contributed by atoms with van der Waals surface area (Å²) in [7, 11) is 0. The van der Waals surface area contributed by atoms with E-state index in [0.717, 1.165) is 30.3 Å². The molecule has 1 fully saturated rings. The topological polar surface area (TPSA) is 0 Å². The van der Waals surface area contributed by atoms with Crippen molar-refractivity contribution < 1.29 is 35.1 Å². The van der Waals surface area contributed by atoms with Gasteiger partial charge in [0.05, 0.1) is 5.56 Å². The Morgan fingerprint density at radius 3 is 2.19 bits per heavy atom. The molecule has 0 heterocycles. The van der Waals surface area contributed by atoms with E-state index in [2.05, 4.69) is 6.58 Å². The van der Waals surface area contributed by atoms with Crippen molar-refractivity contribution in [2.45, 2.75) is 82.0 Å². The van der Waals surface area contributed by atoms with Gasteiger partial charge in [0.2, 0.25) is 0 Å². The third-order valence-electron chi connectivity index (χ3n) is 7.14. The molecule has 198 valence electrons. The van der Waals surface area contributed by atoms with E-state index in [4.69, 9.17) is 0 Å². The fourth-order valence-corrected chi connectivity index (χ4v) is 4.88. The van der Waals surface area contributed by atoms with E-state index in [1.165, 1.54) is 0 Å². The van der Waals surface area contributed by atoms with Gasteiger partial charge in [0.1, 0.15) is 0 Å². The molecule has 0 aliphatic heterocycles. The van der Waals surface area contributed by atoms with Crippen LogP contribution in [0, 0.1) is 17.6 Å². The summed E-state index contributed by atoms with van der Waals surface area (Å²) in [5, 5.41) is 0. The fourth-order valence-electron chi connectivity index (χ4n) is 4.88. The largest absolute Gasteiger partial charge is 0.342 e. The number of benzene rings is 2. The number of rotatable bonds is 10. The smallest absolute Gasteiger partial charge is 0.207 e. The lowest BCUT2D eigenvalue weighted by Gasteiger charge is -2.36. The van der Waals surface area contributed by atoms with E-state index >= 15 is 0 Å². The van der Waals surface area contributed by atoms with Crippen LogP contribution in [0.15, 0.2) is 49.1 Å². The van der Waals surface area contributed by atoms with Gasteiger partial charge in [-0.1, -0.05) is 49.8 Å². The first-order valence-corrected chi connectivity index (χ1v) is 12.2. The molecule has 0 bridgehead atoms. The first kappa shape index (κ1) is 28.2.